The Morgan fingerprint density at radius 3 is 2.71 bits per heavy atom. The molecular weight excluding hydrogens is 222 g/mol. The summed E-state index contributed by atoms with van der Waals surface area (Å²) in [6.45, 7) is 0.954. The van der Waals surface area contributed by atoms with Crippen LogP contribution in [0, 0.1) is 0 Å². The second-order valence-electron chi connectivity index (χ2n) is 1.40. The van der Waals surface area contributed by atoms with Gasteiger partial charge in [-0.3, -0.25) is 5.32 Å². The molecule has 1 N–H and O–H groups in total. The molecule has 1 rings (SSSR count). The standard InChI is InChI=1S/C4H5Br2N/c5-3-1-4(6)7-2-3/h1,4,7H,2H2. The average molecular weight is 227 g/mol. The Bertz CT molecular complexity index is 99.9. The van der Waals surface area contributed by atoms with Gasteiger partial charge in [-0.15, -0.1) is 0 Å². The summed E-state index contributed by atoms with van der Waals surface area (Å²) in [6, 6.07) is 0. The fourth-order valence-electron chi connectivity index (χ4n) is 0.472. The van der Waals surface area contributed by atoms with Crippen molar-refractivity contribution in [3.05, 3.63) is 10.6 Å². The zero-order valence-corrected chi connectivity index (χ0v) is 6.79. The lowest BCUT2D eigenvalue weighted by Gasteiger charge is -1.92. The lowest BCUT2D eigenvalue weighted by atomic mass is 10.6. The van der Waals surface area contributed by atoms with E-state index in [1.54, 1.807) is 0 Å². The van der Waals surface area contributed by atoms with Gasteiger partial charge < -0.3 is 0 Å². The Labute approximate surface area is 59.4 Å². The molecule has 1 heterocycles. The van der Waals surface area contributed by atoms with Crippen molar-refractivity contribution in [1.82, 2.24) is 5.32 Å². The summed E-state index contributed by atoms with van der Waals surface area (Å²) in [5.74, 6) is 0. The molecule has 0 bridgehead atoms. The lowest BCUT2D eigenvalue weighted by molar-refractivity contribution is 0.856. The molecule has 0 spiro atoms. The number of rotatable bonds is 0. The van der Waals surface area contributed by atoms with E-state index in [1.165, 1.54) is 4.48 Å². The minimum atomic E-state index is 0.377. The third-order valence-electron chi connectivity index (χ3n) is 0.793. The summed E-state index contributed by atoms with van der Waals surface area (Å²) in [7, 11) is 0. The molecule has 3 heteroatoms. The van der Waals surface area contributed by atoms with Gasteiger partial charge in [-0.25, -0.2) is 0 Å². The van der Waals surface area contributed by atoms with Crippen molar-refractivity contribution in [3.63, 3.8) is 0 Å². The molecule has 0 aromatic rings. The van der Waals surface area contributed by atoms with Gasteiger partial charge in [0.2, 0.25) is 0 Å². The zero-order valence-electron chi connectivity index (χ0n) is 3.62. The van der Waals surface area contributed by atoms with Gasteiger partial charge in [0, 0.05) is 11.0 Å². The van der Waals surface area contributed by atoms with Crippen LogP contribution < -0.4 is 5.32 Å². The third kappa shape index (κ3) is 1.55. The molecule has 0 fully saturated rings. The highest BCUT2D eigenvalue weighted by Crippen LogP contribution is 2.14. The quantitative estimate of drug-likeness (QED) is 0.489. The van der Waals surface area contributed by atoms with Gasteiger partial charge in [0.25, 0.3) is 0 Å². The molecule has 0 aromatic carbocycles. The van der Waals surface area contributed by atoms with Crippen LogP contribution in [-0.4, -0.2) is 11.5 Å². The van der Waals surface area contributed by atoms with E-state index in [1.807, 2.05) is 0 Å². The molecule has 1 aliphatic heterocycles. The summed E-state index contributed by atoms with van der Waals surface area (Å²) in [5.41, 5.74) is 0. The van der Waals surface area contributed by atoms with Crippen LogP contribution in [0.3, 0.4) is 0 Å². The van der Waals surface area contributed by atoms with Gasteiger partial charge in [-0.1, -0.05) is 31.9 Å². The highest BCUT2D eigenvalue weighted by atomic mass is 79.9. The van der Waals surface area contributed by atoms with Crippen LogP contribution in [0.2, 0.25) is 0 Å². The number of nitrogens with one attached hydrogen (secondary N) is 1. The van der Waals surface area contributed by atoms with Crippen LogP contribution in [-0.2, 0) is 0 Å². The third-order valence-corrected chi connectivity index (χ3v) is 1.93. The molecule has 0 saturated carbocycles. The minimum Gasteiger partial charge on any atom is -0.297 e. The lowest BCUT2D eigenvalue weighted by Crippen LogP contribution is -2.14. The van der Waals surface area contributed by atoms with E-state index in [4.69, 9.17) is 0 Å². The summed E-state index contributed by atoms with van der Waals surface area (Å²) in [4.78, 5) is 0.377. The minimum absolute atomic E-state index is 0.377. The van der Waals surface area contributed by atoms with Crippen LogP contribution >= 0.6 is 31.9 Å². The number of hydrogen-bond donors (Lipinski definition) is 1. The summed E-state index contributed by atoms with van der Waals surface area (Å²) in [6.07, 6.45) is 2.08. The Hall–Kier alpha value is 0.660. The van der Waals surface area contributed by atoms with Gasteiger partial charge in [0.1, 0.15) is 0 Å². The zero-order chi connectivity index (χ0) is 5.28. The Morgan fingerprint density at radius 2 is 2.57 bits per heavy atom. The Kier molecular flexibility index (Phi) is 1.89. The van der Waals surface area contributed by atoms with Crippen molar-refractivity contribution in [3.8, 4) is 0 Å². The van der Waals surface area contributed by atoms with E-state index in [2.05, 4.69) is 43.3 Å². The average Bonchev–Trinajstić information content (AvgIpc) is 1.87. The molecule has 0 aromatic heterocycles. The van der Waals surface area contributed by atoms with E-state index in [9.17, 15) is 0 Å². The fraction of sp³-hybridized carbons (Fsp3) is 0.500. The maximum Gasteiger partial charge on any atom is 0.0830 e. The van der Waals surface area contributed by atoms with Crippen molar-refractivity contribution in [1.29, 1.82) is 0 Å². The molecule has 0 aliphatic carbocycles. The first-order valence-corrected chi connectivity index (χ1v) is 3.73. The van der Waals surface area contributed by atoms with Crippen LogP contribution in [0.1, 0.15) is 0 Å². The number of halogens is 2. The van der Waals surface area contributed by atoms with Crippen molar-refractivity contribution in [2.45, 2.75) is 4.95 Å². The molecule has 40 valence electrons. The molecule has 7 heavy (non-hydrogen) atoms. The van der Waals surface area contributed by atoms with Crippen LogP contribution in [0.4, 0.5) is 0 Å². The maximum atomic E-state index is 3.36. The first-order valence-electron chi connectivity index (χ1n) is 2.02. The molecule has 1 aliphatic rings. The first-order chi connectivity index (χ1) is 3.29. The van der Waals surface area contributed by atoms with Crippen molar-refractivity contribution in [2.75, 3.05) is 6.54 Å². The highest BCUT2D eigenvalue weighted by Gasteiger charge is 2.06. The molecule has 0 saturated heterocycles. The summed E-state index contributed by atoms with van der Waals surface area (Å²) >= 11 is 6.71. The van der Waals surface area contributed by atoms with Gasteiger partial charge in [0.15, 0.2) is 0 Å². The molecule has 1 unspecified atom stereocenters. The molecule has 0 radical (unpaired) electrons. The largest absolute Gasteiger partial charge is 0.297 e. The van der Waals surface area contributed by atoms with Crippen LogP contribution in [0.5, 0.6) is 0 Å². The van der Waals surface area contributed by atoms with Gasteiger partial charge in [-0.05, 0) is 6.08 Å². The van der Waals surface area contributed by atoms with E-state index in [0.29, 0.717) is 4.95 Å². The van der Waals surface area contributed by atoms with E-state index >= 15 is 0 Å². The van der Waals surface area contributed by atoms with Crippen molar-refractivity contribution >= 4 is 31.9 Å². The highest BCUT2D eigenvalue weighted by molar-refractivity contribution is 9.12. The fourth-order valence-corrected chi connectivity index (χ4v) is 1.73. The first kappa shape index (κ1) is 5.79. The predicted molar refractivity (Wildman–Crippen MR) is 37.7 cm³/mol. The van der Waals surface area contributed by atoms with Crippen LogP contribution in [0.15, 0.2) is 10.6 Å². The smallest absolute Gasteiger partial charge is 0.0830 e. The number of hydrogen-bond acceptors (Lipinski definition) is 1. The molecular formula is C4H5Br2N. The normalized spacial score (nSPS) is 30.6. The monoisotopic (exact) mass is 225 g/mol. The topological polar surface area (TPSA) is 12.0 Å². The van der Waals surface area contributed by atoms with Crippen molar-refractivity contribution < 1.29 is 0 Å². The Balaban J connectivity index is 2.50. The summed E-state index contributed by atoms with van der Waals surface area (Å²) in [5, 5.41) is 3.15. The second-order valence-corrected chi connectivity index (χ2v) is 3.40. The molecule has 1 atom stereocenters. The predicted octanol–water partition coefficient (Wildman–Crippen LogP) is 1.59. The van der Waals surface area contributed by atoms with E-state index in [0.717, 1.165) is 6.54 Å². The number of alkyl halides is 1. The Morgan fingerprint density at radius 1 is 1.86 bits per heavy atom. The second kappa shape index (κ2) is 2.29. The van der Waals surface area contributed by atoms with Gasteiger partial charge in [-0.2, -0.15) is 0 Å². The van der Waals surface area contributed by atoms with E-state index < -0.39 is 0 Å². The van der Waals surface area contributed by atoms with Gasteiger partial charge >= 0.3 is 0 Å². The van der Waals surface area contributed by atoms with Gasteiger partial charge in [0.05, 0.1) is 4.95 Å². The SMILES string of the molecule is BrC1=CC(Br)NC1. The van der Waals surface area contributed by atoms with Crippen LogP contribution in [0.25, 0.3) is 0 Å². The van der Waals surface area contributed by atoms with E-state index in [-0.39, 0.29) is 0 Å². The van der Waals surface area contributed by atoms with Crippen molar-refractivity contribution in [2.24, 2.45) is 0 Å². The summed E-state index contributed by atoms with van der Waals surface area (Å²) < 4.78 is 1.23. The molecule has 0 amide bonds. The molecule has 1 nitrogen and oxygen atoms in total. The maximum absolute atomic E-state index is 3.36.